The zero-order valence-electron chi connectivity index (χ0n) is 12.9. The summed E-state index contributed by atoms with van der Waals surface area (Å²) in [5, 5.41) is 3.43. The van der Waals surface area contributed by atoms with Crippen LogP contribution in [0.1, 0.15) is 52.4 Å². The molecule has 3 nitrogen and oxygen atoms in total. The molecule has 1 atom stereocenters. The van der Waals surface area contributed by atoms with Gasteiger partial charge in [0.25, 0.3) is 0 Å². The Kier molecular flexibility index (Phi) is 6.62. The van der Waals surface area contributed by atoms with Crippen LogP contribution >= 0.6 is 0 Å². The van der Waals surface area contributed by atoms with Crippen molar-refractivity contribution in [3.8, 4) is 0 Å². The van der Waals surface area contributed by atoms with Gasteiger partial charge in [-0.3, -0.25) is 0 Å². The molecular weight excluding hydrogens is 236 g/mol. The molecule has 3 heteroatoms. The molecule has 0 aromatic heterocycles. The number of hydrogen-bond acceptors (Lipinski definition) is 3. The first kappa shape index (κ1) is 15.3. The number of morpholine rings is 1. The van der Waals surface area contributed by atoms with Crippen LogP contribution < -0.4 is 5.32 Å². The molecule has 0 radical (unpaired) electrons. The topological polar surface area (TPSA) is 24.5 Å². The van der Waals surface area contributed by atoms with E-state index in [9.17, 15) is 0 Å². The average molecular weight is 268 g/mol. The predicted octanol–water partition coefficient (Wildman–Crippen LogP) is 2.66. The van der Waals surface area contributed by atoms with Crippen molar-refractivity contribution in [1.82, 2.24) is 10.2 Å². The summed E-state index contributed by atoms with van der Waals surface area (Å²) in [7, 11) is 0. The summed E-state index contributed by atoms with van der Waals surface area (Å²) >= 11 is 0. The lowest BCUT2D eigenvalue weighted by Crippen LogP contribution is -2.42. The Labute approximate surface area is 119 Å². The molecule has 2 fully saturated rings. The van der Waals surface area contributed by atoms with E-state index >= 15 is 0 Å². The Bertz CT molecular complexity index is 233. The molecule has 112 valence electrons. The fourth-order valence-electron chi connectivity index (χ4n) is 3.29. The molecular formula is C16H32N2O. The zero-order valence-corrected chi connectivity index (χ0v) is 12.9. The highest BCUT2D eigenvalue weighted by molar-refractivity contribution is 4.79. The lowest BCUT2D eigenvalue weighted by Gasteiger charge is -2.32. The maximum atomic E-state index is 5.83. The SMILES string of the molecule is CC(C)CCN(CCC1CNCCO1)C1CCCC1. The van der Waals surface area contributed by atoms with Crippen LogP contribution in [0.2, 0.25) is 0 Å². The van der Waals surface area contributed by atoms with Gasteiger partial charge in [-0.1, -0.05) is 26.7 Å². The van der Waals surface area contributed by atoms with Crippen molar-refractivity contribution in [2.45, 2.75) is 64.5 Å². The molecule has 0 spiro atoms. The van der Waals surface area contributed by atoms with Crippen LogP contribution in [0.4, 0.5) is 0 Å². The number of nitrogens with zero attached hydrogens (tertiary/aromatic N) is 1. The predicted molar refractivity (Wildman–Crippen MR) is 80.5 cm³/mol. The molecule has 1 aliphatic carbocycles. The Balaban J connectivity index is 1.74. The Morgan fingerprint density at radius 3 is 2.63 bits per heavy atom. The number of hydrogen-bond donors (Lipinski definition) is 1. The number of rotatable bonds is 7. The number of ether oxygens (including phenoxy) is 1. The lowest BCUT2D eigenvalue weighted by atomic mass is 10.1. The quantitative estimate of drug-likeness (QED) is 0.768. The fourth-order valence-corrected chi connectivity index (χ4v) is 3.29. The van der Waals surface area contributed by atoms with Gasteiger partial charge in [-0.2, -0.15) is 0 Å². The second-order valence-electron chi connectivity index (χ2n) is 6.64. The van der Waals surface area contributed by atoms with E-state index in [1.54, 1.807) is 0 Å². The second kappa shape index (κ2) is 8.23. The highest BCUT2D eigenvalue weighted by Crippen LogP contribution is 2.24. The summed E-state index contributed by atoms with van der Waals surface area (Å²) in [6.07, 6.45) is 8.68. The maximum absolute atomic E-state index is 5.83. The molecule has 1 heterocycles. The van der Waals surface area contributed by atoms with Gasteiger partial charge in [0.05, 0.1) is 12.7 Å². The highest BCUT2D eigenvalue weighted by atomic mass is 16.5. The van der Waals surface area contributed by atoms with Gasteiger partial charge in [-0.25, -0.2) is 0 Å². The van der Waals surface area contributed by atoms with Gasteiger partial charge < -0.3 is 15.0 Å². The van der Waals surface area contributed by atoms with Crippen LogP contribution in [-0.4, -0.2) is 49.8 Å². The first-order valence-corrected chi connectivity index (χ1v) is 8.32. The van der Waals surface area contributed by atoms with E-state index < -0.39 is 0 Å². The van der Waals surface area contributed by atoms with Crippen molar-refractivity contribution in [1.29, 1.82) is 0 Å². The van der Waals surface area contributed by atoms with Gasteiger partial charge in [0.15, 0.2) is 0 Å². The molecule has 0 aromatic carbocycles. The first-order valence-electron chi connectivity index (χ1n) is 8.32. The summed E-state index contributed by atoms with van der Waals surface area (Å²) < 4.78 is 5.83. The molecule has 19 heavy (non-hydrogen) atoms. The molecule has 0 aromatic rings. The standard InChI is InChI=1S/C16H32N2O/c1-14(2)7-10-18(15-5-3-4-6-15)11-8-16-13-17-9-12-19-16/h14-17H,3-13H2,1-2H3. The molecule has 2 aliphatic rings. The molecule has 0 bridgehead atoms. The van der Waals surface area contributed by atoms with E-state index in [0.717, 1.165) is 31.7 Å². The molecule has 1 unspecified atom stereocenters. The van der Waals surface area contributed by atoms with Gasteiger partial charge >= 0.3 is 0 Å². The fraction of sp³-hybridized carbons (Fsp3) is 1.00. The monoisotopic (exact) mass is 268 g/mol. The maximum Gasteiger partial charge on any atom is 0.0712 e. The van der Waals surface area contributed by atoms with Crippen LogP contribution in [-0.2, 0) is 4.74 Å². The summed E-state index contributed by atoms with van der Waals surface area (Å²) in [5.74, 6) is 0.816. The summed E-state index contributed by atoms with van der Waals surface area (Å²) in [6, 6.07) is 0.857. The van der Waals surface area contributed by atoms with Gasteiger partial charge in [-0.15, -0.1) is 0 Å². The highest BCUT2D eigenvalue weighted by Gasteiger charge is 2.23. The lowest BCUT2D eigenvalue weighted by molar-refractivity contribution is 0.0142. The van der Waals surface area contributed by atoms with Gasteiger partial charge in [0.2, 0.25) is 0 Å². The second-order valence-corrected chi connectivity index (χ2v) is 6.64. The molecule has 1 N–H and O–H groups in total. The average Bonchev–Trinajstić information content (AvgIpc) is 2.93. The molecule has 1 aliphatic heterocycles. The van der Waals surface area contributed by atoms with E-state index in [2.05, 4.69) is 24.1 Å². The van der Waals surface area contributed by atoms with Crippen molar-refractivity contribution >= 4 is 0 Å². The van der Waals surface area contributed by atoms with E-state index in [1.807, 2.05) is 0 Å². The minimum atomic E-state index is 0.441. The van der Waals surface area contributed by atoms with Crippen molar-refractivity contribution in [2.75, 3.05) is 32.8 Å². The van der Waals surface area contributed by atoms with Crippen molar-refractivity contribution in [3.05, 3.63) is 0 Å². The van der Waals surface area contributed by atoms with Gasteiger partial charge in [0.1, 0.15) is 0 Å². The van der Waals surface area contributed by atoms with E-state index in [1.165, 1.54) is 51.6 Å². The molecule has 1 saturated heterocycles. The van der Waals surface area contributed by atoms with Crippen molar-refractivity contribution < 1.29 is 4.74 Å². The Morgan fingerprint density at radius 2 is 2.00 bits per heavy atom. The first-order chi connectivity index (χ1) is 9.25. The largest absolute Gasteiger partial charge is 0.376 e. The van der Waals surface area contributed by atoms with Crippen LogP contribution in [0.5, 0.6) is 0 Å². The smallest absolute Gasteiger partial charge is 0.0712 e. The normalized spacial score (nSPS) is 25.6. The van der Waals surface area contributed by atoms with E-state index in [-0.39, 0.29) is 0 Å². The van der Waals surface area contributed by atoms with Crippen LogP contribution in [0, 0.1) is 5.92 Å². The molecule has 2 rings (SSSR count). The summed E-state index contributed by atoms with van der Waals surface area (Å²) in [4.78, 5) is 2.75. The van der Waals surface area contributed by atoms with Crippen LogP contribution in [0.15, 0.2) is 0 Å². The minimum absolute atomic E-state index is 0.441. The van der Waals surface area contributed by atoms with Crippen LogP contribution in [0.3, 0.4) is 0 Å². The van der Waals surface area contributed by atoms with E-state index in [0.29, 0.717) is 6.10 Å². The minimum Gasteiger partial charge on any atom is -0.376 e. The molecule has 0 amide bonds. The summed E-state index contributed by atoms with van der Waals surface area (Å²) in [6.45, 7) is 10.1. The zero-order chi connectivity index (χ0) is 13.5. The van der Waals surface area contributed by atoms with E-state index in [4.69, 9.17) is 4.74 Å². The van der Waals surface area contributed by atoms with Gasteiger partial charge in [-0.05, 0) is 38.1 Å². The Hall–Kier alpha value is -0.120. The molecule has 1 saturated carbocycles. The van der Waals surface area contributed by atoms with Gasteiger partial charge in [0, 0.05) is 25.7 Å². The number of nitrogens with one attached hydrogen (secondary N) is 1. The third kappa shape index (κ3) is 5.41. The van der Waals surface area contributed by atoms with Crippen LogP contribution in [0.25, 0.3) is 0 Å². The third-order valence-electron chi connectivity index (χ3n) is 4.58. The summed E-state index contributed by atoms with van der Waals surface area (Å²) in [5.41, 5.74) is 0. The Morgan fingerprint density at radius 1 is 1.21 bits per heavy atom. The van der Waals surface area contributed by atoms with Crippen molar-refractivity contribution in [3.63, 3.8) is 0 Å². The van der Waals surface area contributed by atoms with Crippen molar-refractivity contribution in [2.24, 2.45) is 5.92 Å². The third-order valence-corrected chi connectivity index (χ3v) is 4.58.